The van der Waals surface area contributed by atoms with Crippen molar-refractivity contribution in [3.63, 3.8) is 0 Å². The summed E-state index contributed by atoms with van der Waals surface area (Å²) < 4.78 is 13.6. The van der Waals surface area contributed by atoms with Crippen LogP contribution in [0.5, 0.6) is 0 Å². The predicted molar refractivity (Wildman–Crippen MR) is 86.8 cm³/mol. The highest BCUT2D eigenvalue weighted by Crippen LogP contribution is 2.23. The zero-order valence-corrected chi connectivity index (χ0v) is 13.3. The maximum atomic E-state index is 13.2. The van der Waals surface area contributed by atoms with Crippen LogP contribution in [-0.4, -0.2) is 9.97 Å². The van der Waals surface area contributed by atoms with Gasteiger partial charge in [-0.3, -0.25) is 4.98 Å². The molecule has 0 saturated heterocycles. The Morgan fingerprint density at radius 1 is 1.24 bits per heavy atom. The molecule has 0 saturated carbocycles. The van der Waals surface area contributed by atoms with Gasteiger partial charge < -0.3 is 5.32 Å². The molecule has 0 aliphatic carbocycles. The van der Waals surface area contributed by atoms with E-state index in [9.17, 15) is 4.39 Å². The van der Waals surface area contributed by atoms with Crippen molar-refractivity contribution in [3.8, 4) is 10.7 Å². The van der Waals surface area contributed by atoms with Crippen LogP contribution in [0.15, 0.2) is 52.4 Å². The van der Waals surface area contributed by atoms with Gasteiger partial charge in [0, 0.05) is 17.3 Å². The van der Waals surface area contributed by atoms with Crippen LogP contribution in [0, 0.1) is 5.82 Å². The normalized spacial score (nSPS) is 10.6. The van der Waals surface area contributed by atoms with Crippen LogP contribution >= 0.6 is 27.3 Å². The van der Waals surface area contributed by atoms with E-state index < -0.39 is 0 Å². The standard InChI is InChI=1S/C15H11BrFN3S/c16-12-7-10(4-5-13(12)17)19-8-11-9-21-15(20-11)14-3-1-2-6-18-14/h1-7,9,19H,8H2. The molecule has 106 valence electrons. The molecule has 0 aliphatic rings. The van der Waals surface area contributed by atoms with E-state index in [0.29, 0.717) is 11.0 Å². The molecule has 3 aromatic rings. The van der Waals surface area contributed by atoms with E-state index in [1.807, 2.05) is 23.6 Å². The van der Waals surface area contributed by atoms with Crippen LogP contribution in [0.4, 0.5) is 10.1 Å². The number of benzene rings is 1. The topological polar surface area (TPSA) is 37.8 Å². The van der Waals surface area contributed by atoms with Crippen molar-refractivity contribution in [2.45, 2.75) is 6.54 Å². The van der Waals surface area contributed by atoms with Gasteiger partial charge in [0.25, 0.3) is 0 Å². The van der Waals surface area contributed by atoms with Crippen LogP contribution in [0.3, 0.4) is 0 Å². The van der Waals surface area contributed by atoms with Gasteiger partial charge in [0.1, 0.15) is 10.8 Å². The quantitative estimate of drug-likeness (QED) is 0.728. The first-order valence-corrected chi connectivity index (χ1v) is 7.94. The fourth-order valence-electron chi connectivity index (χ4n) is 1.79. The molecule has 0 spiro atoms. The Kier molecular flexibility index (Phi) is 4.26. The number of anilines is 1. The highest BCUT2D eigenvalue weighted by atomic mass is 79.9. The lowest BCUT2D eigenvalue weighted by atomic mass is 10.3. The number of rotatable bonds is 4. The molecule has 3 rings (SSSR count). The molecule has 0 unspecified atom stereocenters. The second-order valence-electron chi connectivity index (χ2n) is 4.34. The lowest BCUT2D eigenvalue weighted by Crippen LogP contribution is -2.00. The molecular weight excluding hydrogens is 353 g/mol. The number of nitrogens with one attached hydrogen (secondary N) is 1. The molecule has 1 aromatic carbocycles. The van der Waals surface area contributed by atoms with Crippen LogP contribution < -0.4 is 5.32 Å². The average molecular weight is 364 g/mol. The van der Waals surface area contributed by atoms with Crippen molar-refractivity contribution >= 4 is 33.0 Å². The summed E-state index contributed by atoms with van der Waals surface area (Å²) in [5, 5.41) is 6.11. The van der Waals surface area contributed by atoms with Gasteiger partial charge in [0.15, 0.2) is 0 Å². The number of thiazole rings is 1. The zero-order chi connectivity index (χ0) is 14.7. The average Bonchev–Trinajstić information content (AvgIpc) is 2.98. The lowest BCUT2D eigenvalue weighted by molar-refractivity contribution is 0.621. The third-order valence-corrected chi connectivity index (χ3v) is 4.35. The maximum Gasteiger partial charge on any atom is 0.142 e. The summed E-state index contributed by atoms with van der Waals surface area (Å²) in [6.07, 6.45) is 1.75. The first-order valence-electron chi connectivity index (χ1n) is 6.27. The first-order chi connectivity index (χ1) is 10.2. The maximum absolute atomic E-state index is 13.2. The van der Waals surface area contributed by atoms with Crippen molar-refractivity contribution in [2.75, 3.05) is 5.32 Å². The molecule has 21 heavy (non-hydrogen) atoms. The smallest absolute Gasteiger partial charge is 0.142 e. The van der Waals surface area contributed by atoms with Gasteiger partial charge in [0.05, 0.1) is 22.4 Å². The fourth-order valence-corrected chi connectivity index (χ4v) is 2.97. The predicted octanol–water partition coefficient (Wildman–Crippen LogP) is 4.72. The van der Waals surface area contributed by atoms with Gasteiger partial charge in [0.2, 0.25) is 0 Å². The summed E-state index contributed by atoms with van der Waals surface area (Å²) in [7, 11) is 0. The second kappa shape index (κ2) is 6.32. The van der Waals surface area contributed by atoms with Crippen molar-refractivity contribution in [2.24, 2.45) is 0 Å². The van der Waals surface area contributed by atoms with E-state index in [4.69, 9.17) is 0 Å². The van der Waals surface area contributed by atoms with Gasteiger partial charge in [-0.2, -0.15) is 0 Å². The molecule has 0 radical (unpaired) electrons. The van der Waals surface area contributed by atoms with Gasteiger partial charge in [-0.1, -0.05) is 6.07 Å². The van der Waals surface area contributed by atoms with Crippen molar-refractivity contribution < 1.29 is 4.39 Å². The van der Waals surface area contributed by atoms with Crippen molar-refractivity contribution in [1.82, 2.24) is 9.97 Å². The SMILES string of the molecule is Fc1ccc(NCc2csc(-c3ccccn3)n2)cc1Br. The first kappa shape index (κ1) is 14.2. The van der Waals surface area contributed by atoms with Gasteiger partial charge in [-0.25, -0.2) is 9.37 Å². The van der Waals surface area contributed by atoms with Gasteiger partial charge in [-0.15, -0.1) is 11.3 Å². The summed E-state index contributed by atoms with van der Waals surface area (Å²) in [5.41, 5.74) is 2.65. The fraction of sp³-hybridized carbons (Fsp3) is 0.0667. The zero-order valence-electron chi connectivity index (χ0n) is 10.9. The van der Waals surface area contributed by atoms with Crippen LogP contribution in [0.1, 0.15) is 5.69 Å². The monoisotopic (exact) mass is 363 g/mol. The number of hydrogen-bond acceptors (Lipinski definition) is 4. The number of halogens is 2. The number of pyridine rings is 1. The minimum Gasteiger partial charge on any atom is -0.379 e. The van der Waals surface area contributed by atoms with Crippen LogP contribution in [0.25, 0.3) is 10.7 Å². The summed E-state index contributed by atoms with van der Waals surface area (Å²) in [5.74, 6) is -0.272. The molecular formula is C15H11BrFN3S. The minimum absolute atomic E-state index is 0.272. The van der Waals surface area contributed by atoms with E-state index in [0.717, 1.165) is 22.1 Å². The van der Waals surface area contributed by atoms with E-state index in [2.05, 4.69) is 31.2 Å². The molecule has 2 heterocycles. The Morgan fingerprint density at radius 2 is 2.14 bits per heavy atom. The Balaban J connectivity index is 1.69. The molecule has 0 bridgehead atoms. The Labute approximate surface area is 134 Å². The summed E-state index contributed by atoms with van der Waals surface area (Å²) in [6.45, 7) is 0.585. The highest BCUT2D eigenvalue weighted by Gasteiger charge is 2.06. The lowest BCUT2D eigenvalue weighted by Gasteiger charge is -2.05. The number of hydrogen-bond donors (Lipinski definition) is 1. The molecule has 1 N–H and O–H groups in total. The Bertz CT molecular complexity index is 746. The molecule has 2 aromatic heterocycles. The summed E-state index contributed by atoms with van der Waals surface area (Å²) in [6, 6.07) is 10.6. The summed E-state index contributed by atoms with van der Waals surface area (Å²) in [4.78, 5) is 8.82. The molecule has 0 fully saturated rings. The van der Waals surface area contributed by atoms with Crippen molar-refractivity contribution in [1.29, 1.82) is 0 Å². The van der Waals surface area contributed by atoms with Crippen LogP contribution in [0.2, 0.25) is 0 Å². The minimum atomic E-state index is -0.272. The Hall–Kier alpha value is -1.79. The van der Waals surface area contributed by atoms with Crippen LogP contribution in [-0.2, 0) is 6.54 Å². The van der Waals surface area contributed by atoms with E-state index in [-0.39, 0.29) is 5.82 Å². The Morgan fingerprint density at radius 3 is 2.90 bits per heavy atom. The molecule has 0 amide bonds. The van der Waals surface area contributed by atoms with Gasteiger partial charge >= 0.3 is 0 Å². The van der Waals surface area contributed by atoms with Gasteiger partial charge in [-0.05, 0) is 46.3 Å². The van der Waals surface area contributed by atoms with Crippen molar-refractivity contribution in [3.05, 3.63) is 64.0 Å². The van der Waals surface area contributed by atoms with E-state index in [1.54, 1.807) is 29.7 Å². The largest absolute Gasteiger partial charge is 0.379 e. The number of nitrogens with zero attached hydrogens (tertiary/aromatic N) is 2. The van der Waals surface area contributed by atoms with E-state index in [1.165, 1.54) is 6.07 Å². The third-order valence-electron chi connectivity index (χ3n) is 2.83. The molecule has 0 atom stereocenters. The molecule has 0 aliphatic heterocycles. The van der Waals surface area contributed by atoms with E-state index >= 15 is 0 Å². The molecule has 3 nitrogen and oxygen atoms in total. The third kappa shape index (κ3) is 3.46. The highest BCUT2D eigenvalue weighted by molar-refractivity contribution is 9.10. The number of aromatic nitrogens is 2. The second-order valence-corrected chi connectivity index (χ2v) is 6.05. The summed E-state index contributed by atoms with van der Waals surface area (Å²) >= 11 is 4.73. The molecule has 6 heteroatoms.